The molecule has 0 atom stereocenters. The average Bonchev–Trinajstić information content (AvgIpc) is 2.30. The van der Waals surface area contributed by atoms with Crippen LogP contribution in [0.2, 0.25) is 0 Å². The third-order valence-electron chi connectivity index (χ3n) is 2.44. The topological polar surface area (TPSA) is 33.2 Å². The van der Waals surface area contributed by atoms with Gasteiger partial charge in [-0.3, -0.25) is 4.79 Å². The van der Waals surface area contributed by atoms with Gasteiger partial charge in [-0.05, 0) is 25.5 Å². The Hall–Kier alpha value is -1.45. The third-order valence-corrected chi connectivity index (χ3v) is 2.44. The van der Waals surface area contributed by atoms with Gasteiger partial charge in [0.1, 0.15) is 0 Å². The highest BCUT2D eigenvalue weighted by molar-refractivity contribution is 5.94. The van der Waals surface area contributed by atoms with E-state index in [1.54, 1.807) is 11.0 Å². The van der Waals surface area contributed by atoms with E-state index >= 15 is 0 Å². The number of aromatic nitrogens is 1. The summed E-state index contributed by atoms with van der Waals surface area (Å²) in [6, 6.07) is 3.04. The molecule has 0 fully saturated rings. The van der Waals surface area contributed by atoms with Crippen LogP contribution >= 0.6 is 0 Å². The van der Waals surface area contributed by atoms with Crippen LogP contribution in [0.15, 0.2) is 18.3 Å². The van der Waals surface area contributed by atoms with Gasteiger partial charge in [0.2, 0.25) is 5.95 Å². The van der Waals surface area contributed by atoms with Gasteiger partial charge in [0.25, 0.3) is 5.91 Å². The zero-order valence-corrected chi connectivity index (χ0v) is 9.74. The van der Waals surface area contributed by atoms with Gasteiger partial charge < -0.3 is 4.90 Å². The van der Waals surface area contributed by atoms with Gasteiger partial charge in [0.15, 0.2) is 0 Å². The summed E-state index contributed by atoms with van der Waals surface area (Å²) in [4.78, 5) is 17.1. The van der Waals surface area contributed by atoms with Gasteiger partial charge in [0.05, 0.1) is 5.56 Å². The fraction of sp³-hybridized carbons (Fsp3) is 0.500. The first-order chi connectivity index (χ1) is 7.70. The summed E-state index contributed by atoms with van der Waals surface area (Å²) in [6.07, 6.45) is 3.29. The molecule has 0 spiro atoms. The van der Waals surface area contributed by atoms with Crippen LogP contribution in [0.3, 0.4) is 0 Å². The Morgan fingerprint density at radius 2 is 2.25 bits per heavy atom. The lowest BCUT2D eigenvalue weighted by Gasteiger charge is -2.20. The minimum absolute atomic E-state index is 0.0560. The molecule has 3 nitrogen and oxygen atoms in total. The zero-order chi connectivity index (χ0) is 12.0. The van der Waals surface area contributed by atoms with Crippen molar-refractivity contribution in [3.8, 4) is 0 Å². The normalized spacial score (nSPS) is 10.2. The van der Waals surface area contributed by atoms with Crippen molar-refractivity contribution in [2.24, 2.45) is 0 Å². The molecule has 1 aromatic heterocycles. The Balaban J connectivity index is 2.79. The summed E-state index contributed by atoms with van der Waals surface area (Å²) < 4.78 is 13.3. The van der Waals surface area contributed by atoms with Crippen LogP contribution in [0, 0.1) is 5.95 Å². The molecular formula is C12H17FN2O. The minimum Gasteiger partial charge on any atom is -0.339 e. The van der Waals surface area contributed by atoms with Gasteiger partial charge in [-0.25, -0.2) is 4.98 Å². The first-order valence-electron chi connectivity index (χ1n) is 5.60. The summed E-state index contributed by atoms with van der Waals surface area (Å²) in [5.74, 6) is -0.969. The SMILES string of the molecule is CCCCN(CC)C(=O)c1cccnc1F. The molecule has 1 amide bonds. The van der Waals surface area contributed by atoms with Crippen molar-refractivity contribution < 1.29 is 9.18 Å². The van der Waals surface area contributed by atoms with E-state index in [-0.39, 0.29) is 11.5 Å². The number of pyridine rings is 1. The molecule has 0 unspecified atom stereocenters. The molecule has 0 N–H and O–H groups in total. The third kappa shape index (κ3) is 3.02. The van der Waals surface area contributed by atoms with Gasteiger partial charge in [-0.2, -0.15) is 4.39 Å². The van der Waals surface area contributed by atoms with Crippen molar-refractivity contribution in [1.82, 2.24) is 9.88 Å². The summed E-state index contributed by atoms with van der Waals surface area (Å²) in [5.41, 5.74) is 0.0560. The number of carbonyl (C=O) groups is 1. The molecule has 1 aromatic rings. The largest absolute Gasteiger partial charge is 0.339 e. The number of amides is 1. The highest BCUT2D eigenvalue weighted by atomic mass is 19.1. The molecular weight excluding hydrogens is 207 g/mol. The molecule has 0 aromatic carbocycles. The maximum atomic E-state index is 13.3. The summed E-state index contributed by atoms with van der Waals surface area (Å²) in [5, 5.41) is 0. The van der Waals surface area contributed by atoms with E-state index in [1.165, 1.54) is 12.3 Å². The Morgan fingerprint density at radius 1 is 1.50 bits per heavy atom. The van der Waals surface area contributed by atoms with Crippen LogP contribution in [0.5, 0.6) is 0 Å². The number of unbranched alkanes of at least 4 members (excludes halogenated alkanes) is 1. The van der Waals surface area contributed by atoms with Crippen LogP contribution in [-0.2, 0) is 0 Å². The molecule has 4 heteroatoms. The number of nitrogens with zero attached hydrogens (tertiary/aromatic N) is 2. The van der Waals surface area contributed by atoms with Gasteiger partial charge in [0, 0.05) is 19.3 Å². The van der Waals surface area contributed by atoms with Crippen molar-refractivity contribution in [2.75, 3.05) is 13.1 Å². The molecule has 0 aliphatic carbocycles. The van der Waals surface area contributed by atoms with Crippen LogP contribution in [0.1, 0.15) is 37.0 Å². The van der Waals surface area contributed by atoms with E-state index in [9.17, 15) is 9.18 Å². The summed E-state index contributed by atoms with van der Waals surface area (Å²) >= 11 is 0. The van der Waals surface area contributed by atoms with E-state index in [1.807, 2.05) is 6.92 Å². The predicted octanol–water partition coefficient (Wildman–Crippen LogP) is 2.48. The van der Waals surface area contributed by atoms with E-state index in [0.717, 1.165) is 12.8 Å². The molecule has 0 aliphatic rings. The fourth-order valence-electron chi connectivity index (χ4n) is 1.47. The molecule has 0 saturated heterocycles. The molecule has 0 saturated carbocycles. The lowest BCUT2D eigenvalue weighted by molar-refractivity contribution is 0.0756. The molecule has 16 heavy (non-hydrogen) atoms. The number of carbonyl (C=O) groups excluding carboxylic acids is 1. The predicted molar refractivity (Wildman–Crippen MR) is 60.7 cm³/mol. The maximum Gasteiger partial charge on any atom is 0.258 e. The quantitative estimate of drug-likeness (QED) is 0.720. The van der Waals surface area contributed by atoms with Crippen LogP contribution in [0.25, 0.3) is 0 Å². The van der Waals surface area contributed by atoms with Crippen LogP contribution < -0.4 is 0 Å². The van der Waals surface area contributed by atoms with Crippen molar-refractivity contribution >= 4 is 5.91 Å². The molecule has 0 radical (unpaired) electrons. The maximum absolute atomic E-state index is 13.3. The molecule has 0 bridgehead atoms. The van der Waals surface area contributed by atoms with Gasteiger partial charge in [-0.15, -0.1) is 0 Å². The summed E-state index contributed by atoms with van der Waals surface area (Å²) in [6.45, 7) is 5.21. The van der Waals surface area contributed by atoms with Crippen molar-refractivity contribution in [3.05, 3.63) is 29.8 Å². The van der Waals surface area contributed by atoms with Crippen LogP contribution in [-0.4, -0.2) is 28.9 Å². The fourth-order valence-corrected chi connectivity index (χ4v) is 1.47. The smallest absolute Gasteiger partial charge is 0.258 e. The average molecular weight is 224 g/mol. The second-order valence-electron chi connectivity index (χ2n) is 3.58. The Bertz CT molecular complexity index is 355. The highest BCUT2D eigenvalue weighted by Gasteiger charge is 2.17. The van der Waals surface area contributed by atoms with E-state index in [2.05, 4.69) is 11.9 Å². The van der Waals surface area contributed by atoms with Crippen molar-refractivity contribution in [3.63, 3.8) is 0 Å². The molecule has 1 heterocycles. The Kier molecular flexibility index (Phi) is 4.89. The molecule has 1 rings (SSSR count). The van der Waals surface area contributed by atoms with E-state index in [4.69, 9.17) is 0 Å². The Morgan fingerprint density at radius 3 is 2.81 bits per heavy atom. The second-order valence-corrected chi connectivity index (χ2v) is 3.58. The number of hydrogen-bond donors (Lipinski definition) is 0. The summed E-state index contributed by atoms with van der Waals surface area (Å²) in [7, 11) is 0. The van der Waals surface area contributed by atoms with Crippen molar-refractivity contribution in [2.45, 2.75) is 26.7 Å². The lowest BCUT2D eigenvalue weighted by Crippen LogP contribution is -2.32. The van der Waals surface area contributed by atoms with E-state index < -0.39 is 5.95 Å². The lowest BCUT2D eigenvalue weighted by atomic mass is 10.2. The minimum atomic E-state index is -0.692. The Labute approximate surface area is 95.3 Å². The number of rotatable bonds is 5. The van der Waals surface area contributed by atoms with Crippen LogP contribution in [0.4, 0.5) is 4.39 Å². The monoisotopic (exact) mass is 224 g/mol. The first kappa shape index (κ1) is 12.6. The highest BCUT2D eigenvalue weighted by Crippen LogP contribution is 2.08. The second kappa shape index (κ2) is 6.20. The van der Waals surface area contributed by atoms with Gasteiger partial charge >= 0.3 is 0 Å². The number of halogens is 1. The van der Waals surface area contributed by atoms with E-state index in [0.29, 0.717) is 13.1 Å². The molecule has 0 aliphatic heterocycles. The zero-order valence-electron chi connectivity index (χ0n) is 9.74. The molecule has 88 valence electrons. The van der Waals surface area contributed by atoms with Crippen molar-refractivity contribution in [1.29, 1.82) is 0 Å². The first-order valence-corrected chi connectivity index (χ1v) is 5.60. The standard InChI is InChI=1S/C12H17FN2O/c1-3-5-9-15(4-2)12(16)10-7-6-8-14-11(10)13/h6-8H,3-5,9H2,1-2H3. The number of hydrogen-bond acceptors (Lipinski definition) is 2. The van der Waals surface area contributed by atoms with Gasteiger partial charge in [-0.1, -0.05) is 13.3 Å².